The third-order valence-corrected chi connectivity index (χ3v) is 2.61. The van der Waals surface area contributed by atoms with Crippen LogP contribution in [0, 0.1) is 0 Å². The van der Waals surface area contributed by atoms with E-state index in [1.54, 1.807) is 6.07 Å². The molecule has 17 heavy (non-hydrogen) atoms. The van der Waals surface area contributed by atoms with Crippen molar-refractivity contribution < 1.29 is 18.3 Å². The summed E-state index contributed by atoms with van der Waals surface area (Å²) in [6.07, 6.45) is -3.62. The maximum Gasteiger partial charge on any atom is 0.390 e. The van der Waals surface area contributed by atoms with Crippen LogP contribution in [-0.2, 0) is 6.61 Å². The molecule has 1 aromatic heterocycles. The van der Waals surface area contributed by atoms with Gasteiger partial charge in [0, 0.05) is 29.8 Å². The van der Waals surface area contributed by atoms with Crippen LogP contribution in [0.4, 0.5) is 19.0 Å². The Morgan fingerprint density at radius 2 is 2.12 bits per heavy atom. The number of aromatic nitrogens is 1. The first-order valence-corrected chi connectivity index (χ1v) is 5.66. The van der Waals surface area contributed by atoms with Crippen LogP contribution in [0.5, 0.6) is 0 Å². The van der Waals surface area contributed by atoms with Gasteiger partial charge in [0.05, 0.1) is 13.0 Å². The summed E-state index contributed by atoms with van der Waals surface area (Å²) in [4.78, 5) is 5.38. The molecule has 0 aliphatic carbocycles. The third-order valence-electron chi connectivity index (χ3n) is 2.17. The standard InChI is InChI=1S/C10H12BrF3N2O/c1-16(3-2-10(12,13)14)9-7(6-17)4-8(11)5-15-9/h4-5,17H,2-3,6H2,1H3. The van der Waals surface area contributed by atoms with Crippen LogP contribution >= 0.6 is 15.9 Å². The molecule has 0 bridgehead atoms. The molecule has 0 spiro atoms. The van der Waals surface area contributed by atoms with Gasteiger partial charge in [-0.15, -0.1) is 0 Å². The average Bonchev–Trinajstić information content (AvgIpc) is 2.24. The van der Waals surface area contributed by atoms with Gasteiger partial charge in [-0.05, 0) is 22.0 Å². The number of aliphatic hydroxyl groups excluding tert-OH is 1. The van der Waals surface area contributed by atoms with Crippen molar-refractivity contribution in [1.29, 1.82) is 0 Å². The number of aliphatic hydroxyl groups is 1. The summed E-state index contributed by atoms with van der Waals surface area (Å²) in [7, 11) is 1.52. The van der Waals surface area contributed by atoms with Crippen molar-refractivity contribution in [3.05, 3.63) is 22.3 Å². The highest BCUT2D eigenvalue weighted by atomic mass is 79.9. The maximum absolute atomic E-state index is 12.1. The Morgan fingerprint density at radius 1 is 1.47 bits per heavy atom. The molecule has 7 heteroatoms. The van der Waals surface area contributed by atoms with Crippen LogP contribution < -0.4 is 4.90 Å². The summed E-state index contributed by atoms with van der Waals surface area (Å²) in [6, 6.07) is 1.63. The molecule has 1 aromatic rings. The SMILES string of the molecule is CN(CCC(F)(F)F)c1ncc(Br)cc1CO. The first kappa shape index (κ1) is 14.2. The molecule has 0 aliphatic heterocycles. The molecule has 0 saturated heterocycles. The average molecular weight is 313 g/mol. The second kappa shape index (κ2) is 5.68. The molecule has 0 atom stereocenters. The van der Waals surface area contributed by atoms with E-state index in [0.29, 0.717) is 15.9 Å². The second-order valence-corrected chi connectivity index (χ2v) is 4.50. The number of hydrogen-bond donors (Lipinski definition) is 1. The third kappa shape index (κ3) is 4.51. The van der Waals surface area contributed by atoms with Gasteiger partial charge in [0.25, 0.3) is 0 Å². The van der Waals surface area contributed by atoms with E-state index in [1.807, 2.05) is 0 Å². The van der Waals surface area contributed by atoms with Crippen LogP contribution in [-0.4, -0.2) is 29.9 Å². The highest BCUT2D eigenvalue weighted by Crippen LogP contribution is 2.24. The molecule has 1 rings (SSSR count). The van der Waals surface area contributed by atoms with Crippen molar-refractivity contribution in [2.75, 3.05) is 18.5 Å². The van der Waals surface area contributed by atoms with E-state index in [4.69, 9.17) is 5.11 Å². The number of nitrogens with zero attached hydrogens (tertiary/aromatic N) is 2. The summed E-state index contributed by atoms with van der Waals surface area (Å²) in [5, 5.41) is 9.11. The van der Waals surface area contributed by atoms with E-state index in [-0.39, 0.29) is 13.2 Å². The van der Waals surface area contributed by atoms with Gasteiger partial charge >= 0.3 is 6.18 Å². The summed E-state index contributed by atoms with van der Waals surface area (Å²) in [6.45, 7) is -0.455. The van der Waals surface area contributed by atoms with E-state index in [1.165, 1.54) is 18.1 Å². The summed E-state index contributed by atoms with van der Waals surface area (Å²) < 4.78 is 36.9. The van der Waals surface area contributed by atoms with Crippen molar-refractivity contribution in [3.63, 3.8) is 0 Å². The number of alkyl halides is 3. The minimum Gasteiger partial charge on any atom is -0.392 e. The number of anilines is 1. The van der Waals surface area contributed by atoms with Crippen LogP contribution in [0.25, 0.3) is 0 Å². The van der Waals surface area contributed by atoms with Gasteiger partial charge < -0.3 is 10.0 Å². The Balaban J connectivity index is 2.78. The van der Waals surface area contributed by atoms with Crippen LogP contribution in [0.15, 0.2) is 16.7 Å². The first-order chi connectivity index (χ1) is 7.83. The van der Waals surface area contributed by atoms with Gasteiger partial charge in [-0.3, -0.25) is 0 Å². The molecule has 96 valence electrons. The zero-order valence-corrected chi connectivity index (χ0v) is 10.7. The van der Waals surface area contributed by atoms with Gasteiger partial charge in [-0.1, -0.05) is 0 Å². The molecule has 0 aliphatic rings. The molecule has 0 aromatic carbocycles. The molecule has 1 N–H and O–H groups in total. The molecule has 0 radical (unpaired) electrons. The fourth-order valence-corrected chi connectivity index (χ4v) is 1.71. The van der Waals surface area contributed by atoms with E-state index in [2.05, 4.69) is 20.9 Å². The Hall–Kier alpha value is -0.820. The Labute approximate surface area is 105 Å². The lowest BCUT2D eigenvalue weighted by Gasteiger charge is -2.21. The Morgan fingerprint density at radius 3 is 2.65 bits per heavy atom. The maximum atomic E-state index is 12.1. The molecule has 3 nitrogen and oxygen atoms in total. The number of pyridine rings is 1. The normalized spacial score (nSPS) is 11.6. The van der Waals surface area contributed by atoms with Crippen molar-refractivity contribution in [2.24, 2.45) is 0 Å². The lowest BCUT2D eigenvalue weighted by molar-refractivity contribution is -0.132. The molecule has 0 fully saturated rings. The molecule has 0 saturated carbocycles. The second-order valence-electron chi connectivity index (χ2n) is 3.58. The van der Waals surface area contributed by atoms with E-state index < -0.39 is 12.6 Å². The lowest BCUT2D eigenvalue weighted by atomic mass is 10.2. The van der Waals surface area contributed by atoms with Gasteiger partial charge in [-0.2, -0.15) is 13.2 Å². The summed E-state index contributed by atoms with van der Waals surface area (Å²) in [5.41, 5.74) is 0.490. The minimum atomic E-state index is -4.19. The summed E-state index contributed by atoms with van der Waals surface area (Å²) in [5.74, 6) is 0.361. The largest absolute Gasteiger partial charge is 0.392 e. The smallest absolute Gasteiger partial charge is 0.390 e. The highest BCUT2D eigenvalue weighted by Gasteiger charge is 2.27. The van der Waals surface area contributed by atoms with Gasteiger partial charge in [0.15, 0.2) is 0 Å². The van der Waals surface area contributed by atoms with Gasteiger partial charge in [0.1, 0.15) is 5.82 Å². The fourth-order valence-electron chi connectivity index (χ4n) is 1.33. The van der Waals surface area contributed by atoms with Gasteiger partial charge in [0.2, 0.25) is 0 Å². The monoisotopic (exact) mass is 312 g/mol. The van der Waals surface area contributed by atoms with Crippen molar-refractivity contribution in [1.82, 2.24) is 4.98 Å². The van der Waals surface area contributed by atoms with E-state index in [9.17, 15) is 13.2 Å². The van der Waals surface area contributed by atoms with Crippen LogP contribution in [0.3, 0.4) is 0 Å². The predicted octanol–water partition coefficient (Wildman–Crippen LogP) is 2.73. The molecule has 0 amide bonds. The molecular formula is C10H12BrF3N2O. The topological polar surface area (TPSA) is 36.4 Å². The molecule has 1 heterocycles. The minimum absolute atomic E-state index is 0.189. The van der Waals surface area contributed by atoms with Crippen molar-refractivity contribution in [3.8, 4) is 0 Å². The van der Waals surface area contributed by atoms with Crippen molar-refractivity contribution >= 4 is 21.7 Å². The Bertz CT molecular complexity index is 384. The number of rotatable bonds is 4. The first-order valence-electron chi connectivity index (χ1n) is 4.86. The quantitative estimate of drug-likeness (QED) is 0.928. The predicted molar refractivity (Wildman–Crippen MR) is 61.8 cm³/mol. The fraction of sp³-hybridized carbons (Fsp3) is 0.500. The van der Waals surface area contributed by atoms with Crippen molar-refractivity contribution in [2.45, 2.75) is 19.2 Å². The highest BCUT2D eigenvalue weighted by molar-refractivity contribution is 9.10. The van der Waals surface area contributed by atoms with Crippen LogP contribution in [0.2, 0.25) is 0 Å². The van der Waals surface area contributed by atoms with E-state index in [0.717, 1.165) is 0 Å². The number of halogens is 4. The molecule has 0 unspecified atom stereocenters. The number of hydrogen-bond acceptors (Lipinski definition) is 3. The van der Waals surface area contributed by atoms with Crippen LogP contribution in [0.1, 0.15) is 12.0 Å². The van der Waals surface area contributed by atoms with E-state index >= 15 is 0 Å². The van der Waals surface area contributed by atoms with Gasteiger partial charge in [-0.25, -0.2) is 4.98 Å². The zero-order chi connectivity index (χ0) is 13.1. The lowest BCUT2D eigenvalue weighted by Crippen LogP contribution is -2.25. The zero-order valence-electron chi connectivity index (χ0n) is 9.13. The molecular weight excluding hydrogens is 301 g/mol. The summed E-state index contributed by atoms with van der Waals surface area (Å²) >= 11 is 3.18. The Kier molecular flexibility index (Phi) is 4.76.